The predicted octanol–water partition coefficient (Wildman–Crippen LogP) is 2.45. The van der Waals surface area contributed by atoms with Crippen LogP contribution in [0.25, 0.3) is 0 Å². The maximum absolute atomic E-state index is 6.04. The zero-order valence-electron chi connectivity index (χ0n) is 12.2. The normalized spacial score (nSPS) is 22.3. The van der Waals surface area contributed by atoms with Gasteiger partial charge in [-0.1, -0.05) is 0 Å². The number of aromatic nitrogens is 2. The van der Waals surface area contributed by atoms with Crippen molar-refractivity contribution in [1.82, 2.24) is 14.7 Å². The molecule has 5 heteroatoms. The van der Waals surface area contributed by atoms with E-state index >= 15 is 0 Å². The first-order chi connectivity index (χ1) is 8.58. The van der Waals surface area contributed by atoms with Gasteiger partial charge in [0.25, 0.3) is 0 Å². The second-order valence-electron chi connectivity index (χ2n) is 5.86. The van der Waals surface area contributed by atoms with Gasteiger partial charge in [-0.25, -0.2) is 0 Å². The summed E-state index contributed by atoms with van der Waals surface area (Å²) >= 11 is 0. The Morgan fingerprint density at radius 1 is 1.42 bits per heavy atom. The van der Waals surface area contributed by atoms with E-state index < -0.39 is 0 Å². The SMILES string of the molecule is CC(N)C1CCCN(Cc2ccnn2C(C)C)C1.Cl. The molecule has 2 rings (SSSR count). The number of piperidine rings is 1. The standard InChI is InChI=1S/C14H26N4.ClH/c1-11(2)18-14(6-7-16-18)10-17-8-4-5-13(9-17)12(3)15;/h6-7,11-13H,4-5,8-10,15H2,1-3H3;1H. The van der Waals surface area contributed by atoms with Crippen LogP contribution in [0.15, 0.2) is 12.3 Å². The summed E-state index contributed by atoms with van der Waals surface area (Å²) in [7, 11) is 0. The van der Waals surface area contributed by atoms with Gasteiger partial charge in [-0.3, -0.25) is 9.58 Å². The van der Waals surface area contributed by atoms with Gasteiger partial charge < -0.3 is 5.73 Å². The van der Waals surface area contributed by atoms with Crippen molar-refractivity contribution >= 4 is 12.4 Å². The lowest BCUT2D eigenvalue weighted by molar-refractivity contribution is 0.150. The number of rotatable bonds is 4. The van der Waals surface area contributed by atoms with Crippen LogP contribution in [0.1, 0.15) is 45.3 Å². The Hall–Kier alpha value is -0.580. The van der Waals surface area contributed by atoms with E-state index in [-0.39, 0.29) is 12.4 Å². The summed E-state index contributed by atoms with van der Waals surface area (Å²) in [6.45, 7) is 9.80. The number of likely N-dealkylation sites (tertiary alicyclic amines) is 1. The largest absolute Gasteiger partial charge is 0.328 e. The Balaban J connectivity index is 0.00000180. The van der Waals surface area contributed by atoms with Crippen LogP contribution < -0.4 is 5.73 Å². The van der Waals surface area contributed by atoms with E-state index in [0.29, 0.717) is 18.0 Å². The average molecular weight is 287 g/mol. The van der Waals surface area contributed by atoms with Gasteiger partial charge >= 0.3 is 0 Å². The Bertz CT molecular complexity index is 375. The average Bonchev–Trinajstić information content (AvgIpc) is 2.77. The second-order valence-corrected chi connectivity index (χ2v) is 5.86. The maximum Gasteiger partial charge on any atom is 0.0527 e. The molecular weight excluding hydrogens is 260 g/mol. The van der Waals surface area contributed by atoms with E-state index in [4.69, 9.17) is 5.73 Å². The van der Waals surface area contributed by atoms with Gasteiger partial charge in [-0.15, -0.1) is 12.4 Å². The molecule has 110 valence electrons. The summed E-state index contributed by atoms with van der Waals surface area (Å²) in [5, 5.41) is 4.40. The Morgan fingerprint density at radius 2 is 2.16 bits per heavy atom. The van der Waals surface area contributed by atoms with Gasteiger partial charge in [0, 0.05) is 31.4 Å². The molecule has 0 spiro atoms. The molecule has 2 unspecified atom stereocenters. The predicted molar refractivity (Wildman–Crippen MR) is 81.5 cm³/mol. The molecule has 1 aromatic heterocycles. The number of hydrogen-bond acceptors (Lipinski definition) is 3. The molecule has 1 aliphatic heterocycles. The summed E-state index contributed by atoms with van der Waals surface area (Å²) in [6.07, 6.45) is 4.45. The highest BCUT2D eigenvalue weighted by Gasteiger charge is 2.23. The van der Waals surface area contributed by atoms with Crippen LogP contribution in [0, 0.1) is 5.92 Å². The first-order valence-corrected chi connectivity index (χ1v) is 7.08. The van der Waals surface area contributed by atoms with Gasteiger partial charge in [-0.2, -0.15) is 5.10 Å². The molecule has 0 radical (unpaired) electrons. The zero-order valence-corrected chi connectivity index (χ0v) is 13.1. The van der Waals surface area contributed by atoms with Crippen LogP contribution >= 0.6 is 12.4 Å². The van der Waals surface area contributed by atoms with Gasteiger partial charge in [-0.05, 0) is 52.1 Å². The fourth-order valence-corrected chi connectivity index (χ4v) is 2.83. The van der Waals surface area contributed by atoms with E-state index in [9.17, 15) is 0 Å². The molecule has 2 atom stereocenters. The van der Waals surface area contributed by atoms with E-state index in [2.05, 4.69) is 41.5 Å². The van der Waals surface area contributed by atoms with Crippen LogP contribution in [0.5, 0.6) is 0 Å². The molecule has 1 aromatic rings. The molecule has 2 heterocycles. The molecule has 2 N–H and O–H groups in total. The molecular formula is C14H27ClN4. The minimum atomic E-state index is 0. The monoisotopic (exact) mass is 286 g/mol. The molecule has 0 aliphatic carbocycles. The molecule has 0 amide bonds. The molecule has 4 nitrogen and oxygen atoms in total. The van der Waals surface area contributed by atoms with Crippen LogP contribution in [0.4, 0.5) is 0 Å². The Kier molecular flexibility index (Phi) is 6.30. The zero-order chi connectivity index (χ0) is 13.1. The van der Waals surface area contributed by atoms with Crippen LogP contribution in [-0.4, -0.2) is 33.8 Å². The summed E-state index contributed by atoms with van der Waals surface area (Å²) in [5.41, 5.74) is 7.35. The smallest absolute Gasteiger partial charge is 0.0527 e. The summed E-state index contributed by atoms with van der Waals surface area (Å²) in [5.74, 6) is 0.647. The van der Waals surface area contributed by atoms with Crippen molar-refractivity contribution in [3.63, 3.8) is 0 Å². The topological polar surface area (TPSA) is 47.1 Å². The number of nitrogens with zero attached hydrogens (tertiary/aromatic N) is 3. The van der Waals surface area contributed by atoms with Gasteiger partial charge in [0.1, 0.15) is 0 Å². The molecule has 1 aliphatic rings. The number of halogens is 1. The third-order valence-electron chi connectivity index (χ3n) is 3.91. The lowest BCUT2D eigenvalue weighted by Gasteiger charge is -2.34. The van der Waals surface area contributed by atoms with E-state index in [0.717, 1.165) is 13.1 Å². The first kappa shape index (κ1) is 16.5. The number of nitrogens with two attached hydrogens (primary N) is 1. The van der Waals surface area contributed by atoms with Crippen LogP contribution in [-0.2, 0) is 6.54 Å². The maximum atomic E-state index is 6.04. The van der Waals surface area contributed by atoms with E-state index in [1.165, 1.54) is 25.1 Å². The van der Waals surface area contributed by atoms with E-state index in [1.54, 1.807) is 0 Å². The highest BCUT2D eigenvalue weighted by atomic mass is 35.5. The van der Waals surface area contributed by atoms with E-state index in [1.807, 2.05) is 6.20 Å². The lowest BCUT2D eigenvalue weighted by atomic mass is 9.92. The van der Waals surface area contributed by atoms with Crippen molar-refractivity contribution in [2.75, 3.05) is 13.1 Å². The second kappa shape index (κ2) is 7.27. The third kappa shape index (κ3) is 4.20. The fourth-order valence-electron chi connectivity index (χ4n) is 2.83. The van der Waals surface area contributed by atoms with Crippen LogP contribution in [0.2, 0.25) is 0 Å². The van der Waals surface area contributed by atoms with Crippen molar-refractivity contribution in [1.29, 1.82) is 0 Å². The minimum absolute atomic E-state index is 0. The summed E-state index contributed by atoms with van der Waals surface area (Å²) < 4.78 is 2.12. The van der Waals surface area contributed by atoms with Crippen molar-refractivity contribution in [3.8, 4) is 0 Å². The van der Waals surface area contributed by atoms with Crippen molar-refractivity contribution in [3.05, 3.63) is 18.0 Å². The number of hydrogen-bond donors (Lipinski definition) is 1. The molecule has 1 saturated heterocycles. The third-order valence-corrected chi connectivity index (χ3v) is 3.91. The van der Waals surface area contributed by atoms with Gasteiger partial charge in [0.15, 0.2) is 0 Å². The summed E-state index contributed by atoms with van der Waals surface area (Å²) in [6, 6.07) is 2.88. The highest BCUT2D eigenvalue weighted by molar-refractivity contribution is 5.85. The first-order valence-electron chi connectivity index (χ1n) is 7.08. The quantitative estimate of drug-likeness (QED) is 0.925. The van der Waals surface area contributed by atoms with Gasteiger partial charge in [0.05, 0.1) is 5.69 Å². The van der Waals surface area contributed by atoms with Gasteiger partial charge in [0.2, 0.25) is 0 Å². The Labute approximate surface area is 122 Å². The van der Waals surface area contributed by atoms with Crippen LogP contribution in [0.3, 0.4) is 0 Å². The Morgan fingerprint density at radius 3 is 2.79 bits per heavy atom. The minimum Gasteiger partial charge on any atom is -0.328 e. The van der Waals surface area contributed by atoms with Crippen molar-refractivity contribution < 1.29 is 0 Å². The van der Waals surface area contributed by atoms with Crippen molar-refractivity contribution in [2.24, 2.45) is 11.7 Å². The molecule has 0 saturated carbocycles. The molecule has 1 fully saturated rings. The highest BCUT2D eigenvalue weighted by Crippen LogP contribution is 2.21. The molecule has 19 heavy (non-hydrogen) atoms. The lowest BCUT2D eigenvalue weighted by Crippen LogP contribution is -2.42. The van der Waals surface area contributed by atoms with Crippen molar-refractivity contribution in [2.45, 2.75) is 52.2 Å². The molecule has 0 bridgehead atoms. The summed E-state index contributed by atoms with van der Waals surface area (Å²) in [4.78, 5) is 2.52. The molecule has 0 aromatic carbocycles. The fraction of sp³-hybridized carbons (Fsp3) is 0.786.